The van der Waals surface area contributed by atoms with Crippen molar-refractivity contribution in [1.29, 1.82) is 0 Å². The maximum Gasteiger partial charge on any atom is 0.0515 e. The fourth-order valence-electron chi connectivity index (χ4n) is 2.54. The molecule has 0 radical (unpaired) electrons. The highest BCUT2D eigenvalue weighted by molar-refractivity contribution is 5.47. The van der Waals surface area contributed by atoms with E-state index in [4.69, 9.17) is 4.74 Å². The van der Waals surface area contributed by atoms with Crippen molar-refractivity contribution in [3.8, 4) is 0 Å². The fourth-order valence-corrected chi connectivity index (χ4v) is 2.54. The first kappa shape index (κ1) is 8.30. The van der Waals surface area contributed by atoms with Gasteiger partial charge < -0.3 is 9.64 Å². The van der Waals surface area contributed by atoms with Crippen LogP contribution in [0.2, 0.25) is 0 Å². The second-order valence-electron chi connectivity index (χ2n) is 4.30. The molecule has 0 amide bonds. The van der Waals surface area contributed by atoms with Crippen LogP contribution in [-0.4, -0.2) is 26.3 Å². The normalized spacial score (nSPS) is 30.7. The Morgan fingerprint density at radius 2 is 1.64 bits per heavy atom. The van der Waals surface area contributed by atoms with Gasteiger partial charge in [-0.25, -0.2) is 0 Å². The van der Waals surface area contributed by atoms with E-state index >= 15 is 0 Å². The molecule has 2 fully saturated rings. The average Bonchev–Trinajstić information content (AvgIpc) is 2.78. The highest BCUT2D eigenvalue weighted by Gasteiger charge is 2.36. The van der Waals surface area contributed by atoms with Gasteiger partial charge in [0.15, 0.2) is 0 Å². The van der Waals surface area contributed by atoms with Gasteiger partial charge in [-0.15, -0.1) is 0 Å². The van der Waals surface area contributed by atoms with Crippen LogP contribution in [0, 0.1) is 11.8 Å². The van der Waals surface area contributed by atoms with E-state index in [1.54, 1.807) is 0 Å². The topological polar surface area (TPSA) is 12.5 Å². The molecule has 74 valence electrons. The van der Waals surface area contributed by atoms with Crippen LogP contribution >= 0.6 is 0 Å². The number of para-hydroxylation sites is 1. The van der Waals surface area contributed by atoms with Crippen molar-refractivity contribution >= 4 is 5.69 Å². The van der Waals surface area contributed by atoms with Gasteiger partial charge in [-0.05, 0) is 12.1 Å². The Balaban J connectivity index is 1.77. The molecule has 2 heteroatoms. The predicted molar refractivity (Wildman–Crippen MR) is 56.5 cm³/mol. The largest absolute Gasteiger partial charge is 0.381 e. The molecule has 3 rings (SSSR count). The third-order valence-corrected chi connectivity index (χ3v) is 3.36. The number of nitrogens with zero attached hydrogens (tertiary/aromatic N) is 1. The minimum absolute atomic E-state index is 0.773. The molecule has 0 aliphatic carbocycles. The van der Waals surface area contributed by atoms with Crippen LogP contribution in [0.15, 0.2) is 30.3 Å². The summed E-state index contributed by atoms with van der Waals surface area (Å²) in [5.41, 5.74) is 1.36. The van der Waals surface area contributed by atoms with Gasteiger partial charge in [-0.1, -0.05) is 18.2 Å². The van der Waals surface area contributed by atoms with Gasteiger partial charge in [-0.2, -0.15) is 0 Å². The Morgan fingerprint density at radius 3 is 2.29 bits per heavy atom. The molecular weight excluding hydrogens is 174 g/mol. The van der Waals surface area contributed by atoms with Crippen LogP contribution in [0.25, 0.3) is 0 Å². The van der Waals surface area contributed by atoms with E-state index < -0.39 is 0 Å². The molecule has 2 saturated heterocycles. The zero-order valence-electron chi connectivity index (χ0n) is 8.23. The average molecular weight is 189 g/mol. The highest BCUT2D eigenvalue weighted by atomic mass is 16.5. The maximum atomic E-state index is 5.47. The molecule has 0 spiro atoms. The van der Waals surface area contributed by atoms with Crippen LogP contribution < -0.4 is 4.90 Å². The first-order chi connectivity index (χ1) is 6.93. The van der Waals surface area contributed by atoms with Gasteiger partial charge in [-0.3, -0.25) is 0 Å². The van der Waals surface area contributed by atoms with Crippen LogP contribution in [0.3, 0.4) is 0 Å². The molecule has 0 bridgehead atoms. The van der Waals surface area contributed by atoms with E-state index in [2.05, 4.69) is 35.2 Å². The van der Waals surface area contributed by atoms with Crippen molar-refractivity contribution in [2.75, 3.05) is 31.2 Å². The van der Waals surface area contributed by atoms with Crippen molar-refractivity contribution in [3.63, 3.8) is 0 Å². The minimum Gasteiger partial charge on any atom is -0.381 e. The Hall–Kier alpha value is -1.02. The smallest absolute Gasteiger partial charge is 0.0515 e. The van der Waals surface area contributed by atoms with E-state index in [1.165, 1.54) is 18.8 Å². The second-order valence-corrected chi connectivity index (χ2v) is 4.30. The Morgan fingerprint density at radius 1 is 1.00 bits per heavy atom. The summed E-state index contributed by atoms with van der Waals surface area (Å²) in [5, 5.41) is 0. The number of hydrogen-bond acceptors (Lipinski definition) is 2. The molecule has 2 aliphatic rings. The van der Waals surface area contributed by atoms with E-state index in [-0.39, 0.29) is 0 Å². The first-order valence-corrected chi connectivity index (χ1v) is 5.31. The van der Waals surface area contributed by atoms with Gasteiger partial charge in [0.1, 0.15) is 0 Å². The molecule has 2 atom stereocenters. The standard InChI is InChI=1S/C12H15NO/c1-2-4-12(5-3-1)13-6-10-8-14-9-11(10)7-13/h1-5,10-11H,6-9H2. The second kappa shape index (κ2) is 3.28. The third kappa shape index (κ3) is 1.30. The molecule has 2 heterocycles. The monoisotopic (exact) mass is 189 g/mol. The number of rotatable bonds is 1. The Labute approximate surface area is 84.5 Å². The van der Waals surface area contributed by atoms with E-state index in [1.807, 2.05) is 0 Å². The lowest BCUT2D eigenvalue weighted by Gasteiger charge is -2.19. The van der Waals surface area contributed by atoms with E-state index in [0.717, 1.165) is 25.0 Å². The highest BCUT2D eigenvalue weighted by Crippen LogP contribution is 2.32. The van der Waals surface area contributed by atoms with Crippen molar-refractivity contribution in [1.82, 2.24) is 0 Å². The fraction of sp³-hybridized carbons (Fsp3) is 0.500. The number of hydrogen-bond donors (Lipinski definition) is 0. The summed E-state index contributed by atoms with van der Waals surface area (Å²) in [6.45, 7) is 4.28. The Kier molecular flexibility index (Phi) is 1.95. The molecule has 2 nitrogen and oxygen atoms in total. The molecule has 0 saturated carbocycles. The van der Waals surface area contributed by atoms with Gasteiger partial charge in [0.25, 0.3) is 0 Å². The van der Waals surface area contributed by atoms with Gasteiger partial charge in [0, 0.05) is 30.6 Å². The van der Waals surface area contributed by atoms with Gasteiger partial charge >= 0.3 is 0 Å². The summed E-state index contributed by atoms with van der Waals surface area (Å²) in [5.74, 6) is 1.55. The summed E-state index contributed by atoms with van der Waals surface area (Å²) >= 11 is 0. The van der Waals surface area contributed by atoms with E-state index in [0.29, 0.717) is 0 Å². The zero-order chi connectivity index (χ0) is 9.38. The predicted octanol–water partition coefficient (Wildman–Crippen LogP) is 1.77. The number of benzene rings is 1. The van der Waals surface area contributed by atoms with Crippen LogP contribution in [-0.2, 0) is 4.74 Å². The summed E-state index contributed by atoms with van der Waals surface area (Å²) in [7, 11) is 0. The van der Waals surface area contributed by atoms with Gasteiger partial charge in [0.2, 0.25) is 0 Å². The zero-order valence-corrected chi connectivity index (χ0v) is 8.23. The van der Waals surface area contributed by atoms with E-state index in [9.17, 15) is 0 Å². The molecular formula is C12H15NO. The first-order valence-electron chi connectivity index (χ1n) is 5.31. The van der Waals surface area contributed by atoms with Crippen molar-refractivity contribution in [3.05, 3.63) is 30.3 Å². The number of ether oxygens (including phenoxy) is 1. The minimum atomic E-state index is 0.773. The molecule has 0 aromatic heterocycles. The molecule has 1 aromatic carbocycles. The van der Waals surface area contributed by atoms with Crippen LogP contribution in [0.4, 0.5) is 5.69 Å². The molecule has 1 aromatic rings. The summed E-state index contributed by atoms with van der Waals surface area (Å²) in [6.07, 6.45) is 0. The SMILES string of the molecule is c1ccc(N2CC3COCC3C2)cc1. The van der Waals surface area contributed by atoms with Crippen molar-refractivity contribution < 1.29 is 4.74 Å². The number of anilines is 1. The molecule has 2 unspecified atom stereocenters. The Bertz CT molecular complexity index is 299. The maximum absolute atomic E-state index is 5.47. The lowest BCUT2D eigenvalue weighted by atomic mass is 10.0. The van der Waals surface area contributed by atoms with Crippen LogP contribution in [0.1, 0.15) is 0 Å². The van der Waals surface area contributed by atoms with Crippen molar-refractivity contribution in [2.24, 2.45) is 11.8 Å². The van der Waals surface area contributed by atoms with Gasteiger partial charge in [0.05, 0.1) is 13.2 Å². The summed E-state index contributed by atoms with van der Waals surface area (Å²) < 4.78 is 5.47. The third-order valence-electron chi connectivity index (χ3n) is 3.36. The molecule has 2 aliphatic heterocycles. The lowest BCUT2D eigenvalue weighted by Crippen LogP contribution is -2.21. The number of fused-ring (bicyclic) bond motifs is 1. The quantitative estimate of drug-likeness (QED) is 0.667. The molecule has 14 heavy (non-hydrogen) atoms. The van der Waals surface area contributed by atoms with Crippen LogP contribution in [0.5, 0.6) is 0 Å². The lowest BCUT2D eigenvalue weighted by molar-refractivity contribution is 0.177. The summed E-state index contributed by atoms with van der Waals surface area (Å²) in [6, 6.07) is 10.7. The summed E-state index contributed by atoms with van der Waals surface area (Å²) in [4.78, 5) is 2.48. The molecule has 0 N–H and O–H groups in total. The van der Waals surface area contributed by atoms with Crippen molar-refractivity contribution in [2.45, 2.75) is 0 Å².